The molecule has 0 radical (unpaired) electrons. The van der Waals surface area contributed by atoms with Crippen LogP contribution in [0.3, 0.4) is 0 Å². The smallest absolute Gasteiger partial charge is 0.227 e. The van der Waals surface area contributed by atoms with Crippen LogP contribution in [0.4, 0.5) is 4.39 Å². The first-order chi connectivity index (χ1) is 11.2. The van der Waals surface area contributed by atoms with Gasteiger partial charge in [0.15, 0.2) is 0 Å². The second kappa shape index (κ2) is 7.39. The van der Waals surface area contributed by atoms with Crippen molar-refractivity contribution in [3.63, 3.8) is 0 Å². The maximum Gasteiger partial charge on any atom is 0.227 e. The maximum absolute atomic E-state index is 13.7. The van der Waals surface area contributed by atoms with Gasteiger partial charge in [0.1, 0.15) is 5.82 Å². The average Bonchev–Trinajstić information content (AvgIpc) is 2.54. The number of carbonyl (C=O) groups excluding carboxylic acids is 1. The van der Waals surface area contributed by atoms with Crippen LogP contribution in [0.1, 0.15) is 33.3 Å². The Bertz CT molecular complexity index is 698. The number of amides is 1. The summed E-state index contributed by atoms with van der Waals surface area (Å²) in [6.45, 7) is 7.75. The highest BCUT2D eigenvalue weighted by Crippen LogP contribution is 2.31. The lowest BCUT2D eigenvalue weighted by Gasteiger charge is -2.32. The molecule has 0 aliphatic carbocycles. The zero-order valence-electron chi connectivity index (χ0n) is 14.6. The van der Waals surface area contributed by atoms with E-state index in [0.29, 0.717) is 10.6 Å². The van der Waals surface area contributed by atoms with E-state index in [1.807, 2.05) is 58.0 Å². The fourth-order valence-electron chi connectivity index (χ4n) is 2.27. The molecule has 2 nitrogen and oxygen atoms in total. The van der Waals surface area contributed by atoms with E-state index in [1.165, 1.54) is 17.8 Å². The normalized spacial score (nSPS) is 12.0. The third kappa shape index (κ3) is 4.60. The second-order valence-corrected chi connectivity index (χ2v) is 8.07. The highest BCUT2D eigenvalue weighted by molar-refractivity contribution is 7.99. The third-order valence-corrected chi connectivity index (χ3v) is 5.47. The van der Waals surface area contributed by atoms with Gasteiger partial charge in [-0.15, -0.1) is 11.8 Å². The van der Waals surface area contributed by atoms with E-state index in [1.54, 1.807) is 18.2 Å². The highest BCUT2D eigenvalue weighted by Gasteiger charge is 2.33. The minimum atomic E-state index is -0.612. The van der Waals surface area contributed by atoms with Gasteiger partial charge in [0, 0.05) is 10.6 Å². The van der Waals surface area contributed by atoms with Gasteiger partial charge in [0.05, 0.1) is 11.0 Å². The number of halogens is 1. The van der Waals surface area contributed by atoms with E-state index in [2.05, 4.69) is 5.32 Å². The molecule has 2 aromatic carbocycles. The largest absolute Gasteiger partial charge is 0.347 e. The van der Waals surface area contributed by atoms with Crippen molar-refractivity contribution in [3.05, 3.63) is 66.0 Å². The first-order valence-electron chi connectivity index (χ1n) is 7.98. The molecular weight excluding hydrogens is 321 g/mol. The summed E-state index contributed by atoms with van der Waals surface area (Å²) in [6, 6.07) is 16.5. The number of thioether (sulfide) groups is 1. The van der Waals surface area contributed by atoms with Crippen LogP contribution in [0.5, 0.6) is 0 Å². The molecule has 1 N–H and O–H groups in total. The minimum absolute atomic E-state index is 0.0415. The zero-order valence-corrected chi connectivity index (χ0v) is 15.4. The Balaban J connectivity index is 2.03. The average molecular weight is 345 g/mol. The molecule has 2 rings (SSSR count). The van der Waals surface area contributed by atoms with Crippen molar-refractivity contribution in [2.75, 3.05) is 5.75 Å². The fourth-order valence-corrected chi connectivity index (χ4v) is 3.29. The zero-order chi connectivity index (χ0) is 17.8. The summed E-state index contributed by atoms with van der Waals surface area (Å²) in [7, 11) is 0. The molecule has 1 amide bonds. The summed E-state index contributed by atoms with van der Waals surface area (Å²) in [4.78, 5) is 13.3. The van der Waals surface area contributed by atoms with Crippen molar-refractivity contribution in [2.45, 2.75) is 38.1 Å². The van der Waals surface area contributed by atoms with Crippen molar-refractivity contribution >= 4 is 17.7 Å². The number of benzene rings is 2. The summed E-state index contributed by atoms with van der Waals surface area (Å²) >= 11 is 1.37. The van der Waals surface area contributed by atoms with Gasteiger partial charge in [-0.05, 0) is 31.5 Å². The molecule has 0 saturated carbocycles. The summed E-state index contributed by atoms with van der Waals surface area (Å²) in [5, 5.41) is 3.12. The Hall–Kier alpha value is -1.81. The van der Waals surface area contributed by atoms with E-state index in [4.69, 9.17) is 0 Å². The topological polar surface area (TPSA) is 29.1 Å². The van der Waals surface area contributed by atoms with Crippen molar-refractivity contribution in [1.29, 1.82) is 0 Å². The third-order valence-electron chi connectivity index (χ3n) is 3.96. The molecule has 128 valence electrons. The lowest BCUT2D eigenvalue weighted by atomic mass is 9.89. The molecular formula is C20H24FNOS. The molecule has 0 bridgehead atoms. The maximum atomic E-state index is 13.7. The number of carbonyl (C=O) groups is 1. The molecule has 0 spiro atoms. The van der Waals surface area contributed by atoms with Gasteiger partial charge in [0.25, 0.3) is 0 Å². The molecule has 0 fully saturated rings. The Kier molecular flexibility index (Phi) is 5.70. The Labute approximate surface area is 147 Å². The van der Waals surface area contributed by atoms with Gasteiger partial charge in [-0.25, -0.2) is 4.39 Å². The first kappa shape index (κ1) is 18.5. The second-order valence-electron chi connectivity index (χ2n) is 7.05. The molecule has 0 heterocycles. The van der Waals surface area contributed by atoms with Crippen molar-refractivity contribution < 1.29 is 9.18 Å². The minimum Gasteiger partial charge on any atom is -0.347 e. The number of hydrogen-bond donors (Lipinski definition) is 1. The predicted molar refractivity (Wildman–Crippen MR) is 98.5 cm³/mol. The van der Waals surface area contributed by atoms with Crippen LogP contribution in [0.25, 0.3) is 0 Å². The van der Waals surface area contributed by atoms with E-state index < -0.39 is 11.0 Å². The van der Waals surface area contributed by atoms with Crippen molar-refractivity contribution in [3.8, 4) is 0 Å². The number of rotatable bonds is 6. The summed E-state index contributed by atoms with van der Waals surface area (Å²) < 4.78 is 13.7. The standard InChI is InChI=1S/C20H24FNOS/c1-19(2,14-24-17-13-9-8-12-16(17)21)18(23)22-20(3,4)15-10-6-5-7-11-15/h5-13H,14H2,1-4H3,(H,22,23). The number of hydrogen-bond acceptors (Lipinski definition) is 2. The first-order valence-corrected chi connectivity index (χ1v) is 8.96. The molecule has 0 aliphatic heterocycles. The molecule has 0 saturated heterocycles. The van der Waals surface area contributed by atoms with E-state index in [-0.39, 0.29) is 11.7 Å². The fraction of sp³-hybridized carbons (Fsp3) is 0.350. The van der Waals surface area contributed by atoms with Crippen LogP contribution in [-0.2, 0) is 10.3 Å². The van der Waals surface area contributed by atoms with Crippen LogP contribution in [0, 0.1) is 11.2 Å². The van der Waals surface area contributed by atoms with Crippen LogP contribution < -0.4 is 5.32 Å². The van der Waals surface area contributed by atoms with Crippen LogP contribution >= 0.6 is 11.8 Å². The molecule has 2 aromatic rings. The monoisotopic (exact) mass is 345 g/mol. The van der Waals surface area contributed by atoms with E-state index in [0.717, 1.165) is 5.56 Å². The molecule has 0 aromatic heterocycles. The lowest BCUT2D eigenvalue weighted by Crippen LogP contribution is -2.47. The van der Waals surface area contributed by atoms with Crippen molar-refractivity contribution in [1.82, 2.24) is 5.32 Å². The van der Waals surface area contributed by atoms with Gasteiger partial charge in [-0.2, -0.15) is 0 Å². The highest BCUT2D eigenvalue weighted by atomic mass is 32.2. The Morgan fingerprint density at radius 3 is 2.21 bits per heavy atom. The number of nitrogens with one attached hydrogen (secondary N) is 1. The molecule has 4 heteroatoms. The Morgan fingerprint density at radius 2 is 1.58 bits per heavy atom. The molecule has 0 atom stereocenters. The quantitative estimate of drug-likeness (QED) is 0.747. The Morgan fingerprint density at radius 1 is 1.00 bits per heavy atom. The van der Waals surface area contributed by atoms with Gasteiger partial charge in [-0.3, -0.25) is 4.79 Å². The van der Waals surface area contributed by atoms with Crippen LogP contribution in [0.2, 0.25) is 0 Å². The summed E-state index contributed by atoms with van der Waals surface area (Å²) in [6.07, 6.45) is 0. The van der Waals surface area contributed by atoms with Gasteiger partial charge < -0.3 is 5.32 Å². The van der Waals surface area contributed by atoms with E-state index in [9.17, 15) is 9.18 Å². The van der Waals surface area contributed by atoms with Gasteiger partial charge in [0.2, 0.25) is 5.91 Å². The summed E-state index contributed by atoms with van der Waals surface area (Å²) in [5.74, 6) is 0.216. The lowest BCUT2D eigenvalue weighted by molar-refractivity contribution is -0.130. The van der Waals surface area contributed by atoms with Crippen LogP contribution in [0.15, 0.2) is 59.5 Å². The van der Waals surface area contributed by atoms with Gasteiger partial charge >= 0.3 is 0 Å². The predicted octanol–water partition coefficient (Wildman–Crippen LogP) is 5.00. The summed E-state index contributed by atoms with van der Waals surface area (Å²) in [5.41, 5.74) is -0.0204. The van der Waals surface area contributed by atoms with Gasteiger partial charge in [-0.1, -0.05) is 56.3 Å². The molecule has 24 heavy (non-hydrogen) atoms. The SMILES string of the molecule is CC(C)(CSc1ccccc1F)C(=O)NC(C)(C)c1ccccc1. The van der Waals surface area contributed by atoms with E-state index >= 15 is 0 Å². The molecule has 0 unspecified atom stereocenters. The molecule has 0 aliphatic rings. The van der Waals surface area contributed by atoms with Crippen molar-refractivity contribution in [2.24, 2.45) is 5.41 Å². The van der Waals surface area contributed by atoms with Crippen LogP contribution in [-0.4, -0.2) is 11.7 Å².